The molecule has 0 aromatic heterocycles. The van der Waals surface area contributed by atoms with E-state index in [1.807, 2.05) is 0 Å². The van der Waals surface area contributed by atoms with Gasteiger partial charge in [-0.05, 0) is 13.0 Å². The number of rotatable bonds is 1. The van der Waals surface area contributed by atoms with E-state index in [0.29, 0.717) is 6.10 Å². The first-order chi connectivity index (χ1) is 6.04. The van der Waals surface area contributed by atoms with Crippen molar-refractivity contribution in [2.45, 2.75) is 13.0 Å². The van der Waals surface area contributed by atoms with E-state index in [4.69, 9.17) is 28.3 Å². The van der Waals surface area contributed by atoms with Gasteiger partial charge in [-0.1, -0.05) is 0 Å². The third-order valence-corrected chi connectivity index (χ3v) is 0.711. The van der Waals surface area contributed by atoms with E-state index in [1.165, 1.54) is 6.08 Å². The minimum absolute atomic E-state index is 0. The summed E-state index contributed by atoms with van der Waals surface area (Å²) < 4.78 is 28.8. The molecule has 1 aliphatic rings. The predicted octanol–water partition coefficient (Wildman–Crippen LogP) is -3.20. The molecular weight excluding hydrogens is 223 g/mol. The van der Waals surface area contributed by atoms with Crippen LogP contribution in [0.3, 0.4) is 0 Å². The van der Waals surface area contributed by atoms with Crippen LogP contribution >= 0.6 is 0 Å². The van der Waals surface area contributed by atoms with Crippen molar-refractivity contribution >= 4 is 11.4 Å². The summed E-state index contributed by atoms with van der Waals surface area (Å²) in [5.74, 6) is 0. The smallest absolute Gasteiger partial charge is 0.750 e. The maximum absolute atomic E-state index is 8.56. The quantitative estimate of drug-likeness (QED) is 0.191. The van der Waals surface area contributed by atoms with Crippen molar-refractivity contribution in [1.82, 2.24) is 0 Å². The molecule has 6 nitrogen and oxygen atoms in total. The zero-order valence-electron chi connectivity index (χ0n) is 8.12. The first-order valence-electron chi connectivity index (χ1n) is 3.34. The van der Waals surface area contributed by atoms with Crippen molar-refractivity contribution in [3.05, 3.63) is 12.3 Å². The van der Waals surface area contributed by atoms with Crippen LogP contribution in [0.1, 0.15) is 6.92 Å². The van der Waals surface area contributed by atoms with Gasteiger partial charge in [0.05, 0.1) is 36.9 Å². The van der Waals surface area contributed by atoms with E-state index in [1.54, 1.807) is 0 Å². The van der Waals surface area contributed by atoms with Gasteiger partial charge in [0, 0.05) is 0 Å². The zero-order valence-corrected chi connectivity index (χ0v) is 10.9. The molecule has 8 heteroatoms. The second kappa shape index (κ2) is 16.0. The van der Waals surface area contributed by atoms with Crippen LogP contribution in [0.25, 0.3) is 0 Å². The molecule has 1 heterocycles. The van der Waals surface area contributed by atoms with Gasteiger partial charge in [0.2, 0.25) is 0 Å². The van der Waals surface area contributed by atoms with Crippen LogP contribution in [0.4, 0.5) is 0 Å². The largest absolute Gasteiger partial charge is 1.00 e. The number of hydrogen-bond donors (Lipinski definition) is 3. The second-order valence-electron chi connectivity index (χ2n) is 1.93. The monoisotopic (exact) mass is 236 g/mol. The third-order valence-electron chi connectivity index (χ3n) is 0.711. The standard InChI is InChI=1S/C3H6O2.C3H6O.Na.H2O3S/c4-2-1-3-5;1-3-2-4-3;;1-4(2)3/h1-2,4-5H,3H2;3H,2H2,1H3;;(H2,1,2,3)/q;;+1;/p-1/b2-1+;;;. The zero-order chi connectivity index (χ0) is 10.7. The number of hydrogen-bond acceptors (Lipinski definition) is 5. The Balaban J connectivity index is -0.000000126. The molecule has 0 amide bonds. The van der Waals surface area contributed by atoms with Crippen molar-refractivity contribution in [2.24, 2.45) is 0 Å². The van der Waals surface area contributed by atoms with E-state index in [9.17, 15) is 0 Å². The topological polar surface area (TPSA) is 113 Å². The molecule has 1 aliphatic heterocycles. The first-order valence-corrected chi connectivity index (χ1v) is 4.37. The van der Waals surface area contributed by atoms with Gasteiger partial charge in [0.1, 0.15) is 0 Å². The van der Waals surface area contributed by atoms with Crippen LogP contribution in [0.2, 0.25) is 0 Å². The SMILES string of the molecule is CC1CO1.O/C=C/CO.O=S([O-])O.[Na+]. The van der Waals surface area contributed by atoms with Gasteiger partial charge in [-0.25, -0.2) is 4.21 Å². The van der Waals surface area contributed by atoms with Crippen molar-refractivity contribution in [3.8, 4) is 0 Å². The van der Waals surface area contributed by atoms with Gasteiger partial charge in [-0.2, -0.15) is 0 Å². The maximum atomic E-state index is 8.56. The number of aliphatic hydroxyl groups excluding tert-OH is 2. The molecule has 2 unspecified atom stereocenters. The first kappa shape index (κ1) is 20.0. The Morgan fingerprint density at radius 1 is 1.71 bits per heavy atom. The Bertz CT molecular complexity index is 145. The Kier molecular flexibility index (Phi) is 22.8. The summed E-state index contributed by atoms with van der Waals surface area (Å²) in [7, 11) is 0. The van der Waals surface area contributed by atoms with Gasteiger partial charge in [0.25, 0.3) is 0 Å². The average molecular weight is 236 g/mol. The summed E-state index contributed by atoms with van der Waals surface area (Å²) in [4.78, 5) is 0. The molecular formula is C6H13NaO6S. The van der Waals surface area contributed by atoms with E-state index in [2.05, 4.69) is 6.92 Å². The fourth-order valence-corrected chi connectivity index (χ4v) is 0.143. The van der Waals surface area contributed by atoms with Crippen molar-refractivity contribution < 1.29 is 57.8 Å². The predicted molar refractivity (Wildman–Crippen MR) is 45.8 cm³/mol. The van der Waals surface area contributed by atoms with Crippen molar-refractivity contribution in [3.63, 3.8) is 0 Å². The molecule has 0 saturated carbocycles. The van der Waals surface area contributed by atoms with Gasteiger partial charge in [0.15, 0.2) is 0 Å². The average Bonchev–Trinajstić information content (AvgIpc) is 2.73. The number of ether oxygens (including phenoxy) is 1. The number of aliphatic hydroxyl groups is 2. The molecule has 0 spiro atoms. The summed E-state index contributed by atoms with van der Waals surface area (Å²) in [6, 6.07) is 0. The maximum Gasteiger partial charge on any atom is 1.00 e. The van der Waals surface area contributed by atoms with Gasteiger partial charge in [-0.15, -0.1) is 0 Å². The molecule has 0 aromatic rings. The summed E-state index contributed by atoms with van der Waals surface area (Å²) in [6.45, 7) is 2.95. The molecule has 14 heavy (non-hydrogen) atoms. The van der Waals surface area contributed by atoms with Crippen molar-refractivity contribution in [1.29, 1.82) is 0 Å². The molecule has 1 rings (SSSR count). The van der Waals surface area contributed by atoms with E-state index in [-0.39, 0.29) is 36.2 Å². The summed E-state index contributed by atoms with van der Waals surface area (Å²) in [6.07, 6.45) is 2.62. The molecule has 2 atom stereocenters. The van der Waals surface area contributed by atoms with Gasteiger partial charge in [-0.3, -0.25) is 0 Å². The molecule has 0 aromatic carbocycles. The molecule has 0 radical (unpaired) electrons. The van der Waals surface area contributed by atoms with Crippen LogP contribution in [-0.2, 0) is 16.1 Å². The van der Waals surface area contributed by atoms with E-state index < -0.39 is 11.4 Å². The molecule has 1 fully saturated rings. The Labute approximate surface area is 107 Å². The Morgan fingerprint density at radius 3 is 2.00 bits per heavy atom. The Hall–Kier alpha value is 0.530. The minimum Gasteiger partial charge on any atom is -0.750 e. The fraction of sp³-hybridized carbons (Fsp3) is 0.667. The van der Waals surface area contributed by atoms with Gasteiger partial charge >= 0.3 is 29.6 Å². The fourth-order valence-electron chi connectivity index (χ4n) is 0.143. The Morgan fingerprint density at radius 2 is 2.00 bits per heavy atom. The van der Waals surface area contributed by atoms with Crippen LogP contribution < -0.4 is 29.6 Å². The van der Waals surface area contributed by atoms with Crippen LogP contribution in [0, 0.1) is 0 Å². The van der Waals surface area contributed by atoms with E-state index >= 15 is 0 Å². The molecule has 1 saturated heterocycles. The summed E-state index contributed by atoms with van der Waals surface area (Å²) in [5, 5.41) is 15.5. The third kappa shape index (κ3) is 54.5. The second-order valence-corrected chi connectivity index (χ2v) is 2.36. The van der Waals surface area contributed by atoms with Crippen LogP contribution in [0.15, 0.2) is 12.3 Å². The molecule has 0 aliphatic carbocycles. The minimum atomic E-state index is -2.86. The van der Waals surface area contributed by atoms with Crippen molar-refractivity contribution in [2.75, 3.05) is 13.2 Å². The molecule has 3 N–H and O–H groups in total. The van der Waals surface area contributed by atoms with E-state index in [0.717, 1.165) is 12.9 Å². The number of epoxide rings is 1. The summed E-state index contributed by atoms with van der Waals surface area (Å²) in [5.41, 5.74) is 0. The van der Waals surface area contributed by atoms with Crippen LogP contribution in [0.5, 0.6) is 0 Å². The normalized spacial score (nSPS) is 19.3. The summed E-state index contributed by atoms with van der Waals surface area (Å²) >= 11 is -2.86. The molecule has 80 valence electrons. The van der Waals surface area contributed by atoms with Gasteiger partial charge < -0.3 is 24.1 Å². The molecule has 0 bridgehead atoms. The van der Waals surface area contributed by atoms with Crippen LogP contribution in [-0.4, -0.2) is 42.8 Å².